The van der Waals surface area contributed by atoms with Crippen molar-refractivity contribution in [1.29, 1.82) is 0 Å². The number of halogens is 1. The summed E-state index contributed by atoms with van der Waals surface area (Å²) in [5, 5.41) is 17.9. The van der Waals surface area contributed by atoms with Crippen molar-refractivity contribution in [3.05, 3.63) is 29.6 Å². The molecule has 4 heteroatoms. The Hall–Kier alpha value is -1.58. The van der Waals surface area contributed by atoms with E-state index < -0.39 is 17.5 Å². The molecule has 1 aliphatic rings. The van der Waals surface area contributed by atoms with Crippen LogP contribution in [0.15, 0.2) is 18.2 Å². The fourth-order valence-electron chi connectivity index (χ4n) is 2.00. The lowest BCUT2D eigenvalue weighted by Crippen LogP contribution is -2.08. The molecule has 2 N–H and O–H groups in total. The Balaban J connectivity index is 2.24. The van der Waals surface area contributed by atoms with E-state index >= 15 is 0 Å². The number of phenolic OH excluding ortho intramolecular Hbond substituents is 1. The first-order valence-electron chi connectivity index (χ1n) is 5.28. The number of hydrogen-bond donors (Lipinski definition) is 2. The summed E-state index contributed by atoms with van der Waals surface area (Å²) in [5.74, 6) is -1.74. The minimum absolute atomic E-state index is 0.0227. The summed E-state index contributed by atoms with van der Waals surface area (Å²) in [5.41, 5.74) is 0.667. The van der Waals surface area contributed by atoms with Crippen molar-refractivity contribution in [2.45, 2.75) is 25.2 Å². The molecular weight excluding hydrogens is 211 g/mol. The number of carbonyl (C=O) groups is 1. The summed E-state index contributed by atoms with van der Waals surface area (Å²) in [6.45, 7) is 0. The van der Waals surface area contributed by atoms with Crippen LogP contribution in [0.2, 0.25) is 0 Å². The molecule has 1 unspecified atom stereocenters. The molecule has 1 atom stereocenters. The summed E-state index contributed by atoms with van der Waals surface area (Å²) in [6.07, 6.45) is 2.02. The van der Waals surface area contributed by atoms with Gasteiger partial charge in [-0.3, -0.25) is 4.79 Å². The van der Waals surface area contributed by atoms with Gasteiger partial charge in [-0.25, -0.2) is 4.39 Å². The number of phenols is 1. The third kappa shape index (κ3) is 2.32. The molecule has 0 bridgehead atoms. The average molecular weight is 224 g/mol. The molecule has 0 amide bonds. The van der Waals surface area contributed by atoms with Gasteiger partial charge in [-0.05, 0) is 42.4 Å². The average Bonchev–Trinajstić information content (AvgIpc) is 3.02. The lowest BCUT2D eigenvalue weighted by atomic mass is 9.91. The highest BCUT2D eigenvalue weighted by atomic mass is 19.1. The number of benzene rings is 1. The minimum atomic E-state index is -0.870. The van der Waals surface area contributed by atoms with Crippen LogP contribution in [0.5, 0.6) is 5.75 Å². The van der Waals surface area contributed by atoms with Gasteiger partial charge in [0, 0.05) is 0 Å². The van der Waals surface area contributed by atoms with Gasteiger partial charge in [0.25, 0.3) is 0 Å². The number of carboxylic acids is 1. The molecular formula is C12H13FO3. The molecule has 1 aromatic rings. The van der Waals surface area contributed by atoms with Gasteiger partial charge in [-0.15, -0.1) is 0 Å². The van der Waals surface area contributed by atoms with Crippen molar-refractivity contribution in [3.8, 4) is 5.75 Å². The quantitative estimate of drug-likeness (QED) is 0.826. The lowest BCUT2D eigenvalue weighted by molar-refractivity contribution is -0.137. The summed E-state index contributed by atoms with van der Waals surface area (Å²) in [7, 11) is 0. The van der Waals surface area contributed by atoms with Gasteiger partial charge in [-0.1, -0.05) is 6.07 Å². The molecule has 1 aliphatic carbocycles. The van der Waals surface area contributed by atoms with E-state index in [4.69, 9.17) is 10.2 Å². The van der Waals surface area contributed by atoms with Crippen LogP contribution >= 0.6 is 0 Å². The van der Waals surface area contributed by atoms with Crippen LogP contribution in [-0.2, 0) is 4.79 Å². The first kappa shape index (κ1) is 10.9. The molecule has 0 heterocycles. The number of aliphatic carboxylic acids is 1. The summed E-state index contributed by atoms with van der Waals surface area (Å²) >= 11 is 0. The molecule has 86 valence electrons. The number of aromatic hydroxyl groups is 1. The molecule has 3 nitrogen and oxygen atoms in total. The van der Waals surface area contributed by atoms with E-state index in [2.05, 4.69) is 0 Å². The standard InChI is InChI=1S/C12H13FO3/c13-10-5-8(3-4-11(10)14)9(6-12(15)16)7-1-2-7/h3-5,7,9,14H,1-2,6H2,(H,15,16). The molecule has 0 saturated heterocycles. The highest BCUT2D eigenvalue weighted by molar-refractivity contribution is 5.68. The van der Waals surface area contributed by atoms with E-state index in [1.54, 1.807) is 6.07 Å². The minimum Gasteiger partial charge on any atom is -0.505 e. The molecule has 0 aromatic heterocycles. The van der Waals surface area contributed by atoms with Gasteiger partial charge in [0.2, 0.25) is 0 Å². The van der Waals surface area contributed by atoms with E-state index in [1.807, 2.05) is 0 Å². The number of carboxylic acid groups (broad SMARTS) is 1. The second kappa shape index (κ2) is 4.12. The Morgan fingerprint density at radius 3 is 2.69 bits per heavy atom. The Morgan fingerprint density at radius 2 is 2.19 bits per heavy atom. The second-order valence-electron chi connectivity index (χ2n) is 4.25. The Morgan fingerprint density at radius 1 is 1.50 bits per heavy atom. The smallest absolute Gasteiger partial charge is 0.303 e. The first-order valence-corrected chi connectivity index (χ1v) is 5.28. The predicted octanol–water partition coefficient (Wildman–Crippen LogP) is 2.50. The number of rotatable bonds is 4. The van der Waals surface area contributed by atoms with Crippen LogP contribution in [0.25, 0.3) is 0 Å². The summed E-state index contributed by atoms with van der Waals surface area (Å²) in [4.78, 5) is 10.7. The normalized spacial score (nSPS) is 17.1. The van der Waals surface area contributed by atoms with Crippen LogP contribution in [-0.4, -0.2) is 16.2 Å². The van der Waals surface area contributed by atoms with Crippen molar-refractivity contribution >= 4 is 5.97 Å². The van der Waals surface area contributed by atoms with E-state index in [0.29, 0.717) is 11.5 Å². The zero-order chi connectivity index (χ0) is 11.7. The third-order valence-electron chi connectivity index (χ3n) is 2.99. The third-order valence-corrected chi connectivity index (χ3v) is 2.99. The van der Waals surface area contributed by atoms with Crippen molar-refractivity contribution in [2.24, 2.45) is 5.92 Å². The van der Waals surface area contributed by atoms with Gasteiger partial charge in [0.1, 0.15) is 0 Å². The lowest BCUT2D eigenvalue weighted by Gasteiger charge is -2.14. The maximum absolute atomic E-state index is 13.2. The van der Waals surface area contributed by atoms with Crippen LogP contribution in [0.1, 0.15) is 30.7 Å². The molecule has 1 aromatic carbocycles. The fourth-order valence-corrected chi connectivity index (χ4v) is 2.00. The van der Waals surface area contributed by atoms with E-state index in [-0.39, 0.29) is 12.3 Å². The first-order chi connectivity index (χ1) is 7.58. The van der Waals surface area contributed by atoms with Crippen molar-refractivity contribution in [2.75, 3.05) is 0 Å². The SMILES string of the molecule is O=C(O)CC(c1ccc(O)c(F)c1)C1CC1. The van der Waals surface area contributed by atoms with E-state index in [9.17, 15) is 9.18 Å². The monoisotopic (exact) mass is 224 g/mol. The Kier molecular flexibility index (Phi) is 2.81. The van der Waals surface area contributed by atoms with Gasteiger partial charge in [0.15, 0.2) is 11.6 Å². The maximum atomic E-state index is 13.2. The fraction of sp³-hybridized carbons (Fsp3) is 0.417. The summed E-state index contributed by atoms with van der Waals surface area (Å²) < 4.78 is 13.2. The molecule has 0 aliphatic heterocycles. The van der Waals surface area contributed by atoms with Crippen LogP contribution in [0.4, 0.5) is 4.39 Å². The highest BCUT2D eigenvalue weighted by Crippen LogP contribution is 2.44. The van der Waals surface area contributed by atoms with Crippen molar-refractivity contribution in [1.82, 2.24) is 0 Å². The zero-order valence-electron chi connectivity index (χ0n) is 8.69. The topological polar surface area (TPSA) is 57.5 Å². The van der Waals surface area contributed by atoms with Gasteiger partial charge in [-0.2, -0.15) is 0 Å². The molecule has 2 rings (SSSR count). The van der Waals surface area contributed by atoms with E-state index in [0.717, 1.165) is 12.8 Å². The van der Waals surface area contributed by atoms with Crippen LogP contribution < -0.4 is 0 Å². The van der Waals surface area contributed by atoms with Crippen LogP contribution in [0.3, 0.4) is 0 Å². The van der Waals surface area contributed by atoms with Crippen molar-refractivity contribution in [3.63, 3.8) is 0 Å². The van der Waals surface area contributed by atoms with Gasteiger partial charge >= 0.3 is 5.97 Å². The molecule has 1 fully saturated rings. The Labute approximate surface area is 92.5 Å². The van der Waals surface area contributed by atoms with Crippen LogP contribution in [0, 0.1) is 11.7 Å². The predicted molar refractivity (Wildman–Crippen MR) is 55.8 cm³/mol. The maximum Gasteiger partial charge on any atom is 0.303 e. The zero-order valence-corrected chi connectivity index (χ0v) is 8.69. The molecule has 1 saturated carbocycles. The molecule has 0 spiro atoms. The summed E-state index contributed by atoms with van der Waals surface area (Å²) in [6, 6.07) is 4.12. The Bertz CT molecular complexity index is 413. The molecule has 16 heavy (non-hydrogen) atoms. The van der Waals surface area contributed by atoms with Crippen molar-refractivity contribution < 1.29 is 19.4 Å². The van der Waals surface area contributed by atoms with E-state index in [1.165, 1.54) is 12.1 Å². The van der Waals surface area contributed by atoms with Gasteiger partial charge in [0.05, 0.1) is 6.42 Å². The number of hydrogen-bond acceptors (Lipinski definition) is 2. The highest BCUT2D eigenvalue weighted by Gasteiger charge is 2.33. The molecule has 0 radical (unpaired) electrons. The largest absolute Gasteiger partial charge is 0.505 e. The van der Waals surface area contributed by atoms with Gasteiger partial charge < -0.3 is 10.2 Å². The second-order valence-corrected chi connectivity index (χ2v) is 4.25.